The molecule has 0 aliphatic heterocycles. The molecule has 0 bridgehead atoms. The van der Waals surface area contributed by atoms with Crippen molar-refractivity contribution in [2.45, 2.75) is 332 Å². The number of phosphoric ester groups is 1. The van der Waals surface area contributed by atoms with Crippen molar-refractivity contribution in [1.82, 2.24) is 0 Å². The molecule has 0 spiro atoms. The van der Waals surface area contributed by atoms with Crippen LogP contribution < -0.4 is 5.11 Å². The summed E-state index contributed by atoms with van der Waals surface area (Å²) in [5.74, 6) is -0.426. The monoisotopic (exact) mass is 977 g/mol. The Hall–Kier alpha value is -0.660. The third-order valence-electron chi connectivity index (χ3n) is 14.1. The van der Waals surface area contributed by atoms with Crippen molar-refractivity contribution in [2.24, 2.45) is 4.99 Å². The molecular formula is C54H107NO11P-. The van der Waals surface area contributed by atoms with E-state index in [-0.39, 0.29) is 6.42 Å². The molecule has 1 rings (SSSR count). The minimum atomic E-state index is -5.08. The molecule has 0 aromatic rings. The minimum Gasteiger partial charge on any atom is -0.862 e. The Morgan fingerprint density at radius 3 is 1.04 bits per heavy atom. The van der Waals surface area contributed by atoms with Gasteiger partial charge in [0.05, 0.1) is 18.8 Å². The van der Waals surface area contributed by atoms with E-state index in [9.17, 15) is 45.2 Å². The van der Waals surface area contributed by atoms with Crippen LogP contribution in [0.4, 0.5) is 0 Å². The molecule has 9 atom stereocenters. The maximum absolute atomic E-state index is 13.0. The van der Waals surface area contributed by atoms with Crippen LogP contribution in [-0.2, 0) is 13.6 Å². The number of aliphatic hydroxyl groups is 6. The van der Waals surface area contributed by atoms with E-state index in [0.717, 1.165) is 38.5 Å². The lowest BCUT2D eigenvalue weighted by molar-refractivity contribution is -0.220. The first-order valence-electron chi connectivity index (χ1n) is 28.4. The van der Waals surface area contributed by atoms with Crippen LogP contribution in [0.1, 0.15) is 284 Å². The van der Waals surface area contributed by atoms with Crippen LogP contribution in [0, 0.1) is 0 Å². The molecular weight excluding hydrogens is 870 g/mol. The van der Waals surface area contributed by atoms with Crippen molar-refractivity contribution in [3.05, 3.63) is 0 Å². The molecule has 1 fully saturated rings. The number of rotatable bonds is 49. The van der Waals surface area contributed by atoms with Gasteiger partial charge < -0.3 is 40.6 Å². The molecule has 0 saturated heterocycles. The number of hydrogen-bond donors (Lipinski definition) is 7. The van der Waals surface area contributed by atoms with Gasteiger partial charge in [0.15, 0.2) is 0 Å². The zero-order valence-corrected chi connectivity index (χ0v) is 44.1. The predicted octanol–water partition coefficient (Wildman–Crippen LogP) is 12.2. The number of unbranched alkanes of at least 4 members (excludes halogenated alkanes) is 38. The molecule has 0 heterocycles. The Kier molecular flexibility index (Phi) is 42.3. The number of hydrogen-bond acceptors (Lipinski definition) is 11. The van der Waals surface area contributed by atoms with Gasteiger partial charge in [-0.3, -0.25) is 14.0 Å². The van der Waals surface area contributed by atoms with E-state index in [1.54, 1.807) is 0 Å². The van der Waals surface area contributed by atoms with Gasteiger partial charge in [-0.1, -0.05) is 264 Å². The smallest absolute Gasteiger partial charge is 0.472 e. The molecule has 0 aromatic heterocycles. The first-order chi connectivity index (χ1) is 32.4. The molecule has 0 radical (unpaired) electrons. The summed E-state index contributed by atoms with van der Waals surface area (Å²) in [7, 11) is -5.08. The van der Waals surface area contributed by atoms with Gasteiger partial charge >= 0.3 is 7.82 Å². The lowest BCUT2D eigenvalue weighted by atomic mass is 9.85. The van der Waals surface area contributed by atoms with Crippen molar-refractivity contribution in [2.75, 3.05) is 6.61 Å². The Morgan fingerprint density at radius 2 is 0.731 bits per heavy atom. The fourth-order valence-corrected chi connectivity index (χ4v) is 10.5. The first-order valence-corrected chi connectivity index (χ1v) is 29.9. The molecule has 400 valence electrons. The third-order valence-corrected chi connectivity index (χ3v) is 15.1. The van der Waals surface area contributed by atoms with Crippen molar-refractivity contribution in [3.8, 4) is 0 Å². The highest BCUT2D eigenvalue weighted by atomic mass is 31.2. The van der Waals surface area contributed by atoms with E-state index >= 15 is 0 Å². The standard InChI is InChI=1S/C54H108NO11P/c1-3-5-7-9-11-13-15-17-19-20-21-22-23-24-25-26-27-28-30-32-34-36-38-40-42-44-48(57)55-46(45-65-67(63,64)66-54-52(61)50(59)49(58)51(60)53(54)62)47(56)43-41-39-37-35-33-31-29-18-16-14-12-10-8-6-4-2/h46-47,49-54,56,58-62H,3-45H2,1-2H3,(H,55,57)(H,63,64)/p-1/t46-,47+,49?,50-,51+,52+,53+,54?/m0/s1. The normalized spacial score (nSPS) is 22.0. The van der Waals surface area contributed by atoms with Crippen molar-refractivity contribution >= 4 is 13.7 Å². The molecule has 1 saturated carbocycles. The maximum atomic E-state index is 13.0. The molecule has 0 aromatic carbocycles. The van der Waals surface area contributed by atoms with Gasteiger partial charge in [-0.2, -0.15) is 0 Å². The quantitative estimate of drug-likeness (QED) is 0.0132. The summed E-state index contributed by atoms with van der Waals surface area (Å²) in [6.07, 6.45) is 38.2. The molecule has 13 heteroatoms. The van der Waals surface area contributed by atoms with E-state index in [0.29, 0.717) is 19.3 Å². The second-order valence-corrected chi connectivity index (χ2v) is 21.8. The lowest BCUT2D eigenvalue weighted by Gasteiger charge is -2.41. The van der Waals surface area contributed by atoms with Gasteiger partial charge in [0, 0.05) is 0 Å². The Bertz CT molecular complexity index is 1150. The molecule has 3 unspecified atom stereocenters. The zero-order valence-electron chi connectivity index (χ0n) is 43.2. The number of nitrogens with zero attached hydrogens (tertiary/aromatic N) is 1. The van der Waals surface area contributed by atoms with Crippen LogP contribution in [0.25, 0.3) is 0 Å². The molecule has 12 nitrogen and oxygen atoms in total. The number of aliphatic hydroxyl groups excluding tert-OH is 6. The van der Waals surface area contributed by atoms with E-state index in [1.165, 1.54) is 205 Å². The highest BCUT2D eigenvalue weighted by Crippen LogP contribution is 2.47. The average Bonchev–Trinajstić information content (AvgIpc) is 3.31. The summed E-state index contributed by atoms with van der Waals surface area (Å²) < 4.78 is 23.0. The topological polar surface area (TPSA) is 213 Å². The van der Waals surface area contributed by atoms with Gasteiger partial charge in [-0.15, -0.1) is 0 Å². The van der Waals surface area contributed by atoms with Gasteiger partial charge in [0.1, 0.15) is 36.6 Å². The number of phosphoric acid groups is 1. The fourth-order valence-electron chi connectivity index (χ4n) is 9.49. The highest BCUT2D eigenvalue weighted by molar-refractivity contribution is 7.47. The Labute approximate surface area is 410 Å². The molecule has 7 N–H and O–H groups in total. The summed E-state index contributed by atoms with van der Waals surface area (Å²) in [5.41, 5.74) is 0. The lowest BCUT2D eigenvalue weighted by Crippen LogP contribution is -2.64. The molecule has 1 aliphatic carbocycles. The van der Waals surface area contributed by atoms with Crippen molar-refractivity contribution in [3.63, 3.8) is 0 Å². The van der Waals surface area contributed by atoms with Crippen LogP contribution in [0.15, 0.2) is 4.99 Å². The molecule has 0 amide bonds. The molecule has 1 aliphatic rings. The van der Waals surface area contributed by atoms with E-state index in [1.807, 2.05) is 0 Å². The van der Waals surface area contributed by atoms with Crippen molar-refractivity contribution in [1.29, 1.82) is 0 Å². The SMILES string of the molecule is CCCCCCCCCCCCCCCCCCCCCCCCCCCC([O-])=N[C@@H](COP(=O)(O)OC1[C@H](O)[C@H](O)C(O)[C@H](O)[C@H]1O)[C@H](O)CCCCCCCCCCCCCCCCC. The van der Waals surface area contributed by atoms with E-state index < -0.39 is 69.1 Å². The zero-order chi connectivity index (χ0) is 49.2. The maximum Gasteiger partial charge on any atom is 0.472 e. The molecule has 67 heavy (non-hydrogen) atoms. The van der Waals surface area contributed by atoms with Crippen LogP contribution >= 0.6 is 7.82 Å². The van der Waals surface area contributed by atoms with Gasteiger partial charge in [-0.25, -0.2) is 4.57 Å². The Balaban J connectivity index is 2.33. The first kappa shape index (κ1) is 64.4. The second kappa shape index (κ2) is 44.1. The van der Waals surface area contributed by atoms with E-state index in [2.05, 4.69) is 18.8 Å². The van der Waals surface area contributed by atoms with Crippen LogP contribution in [0.3, 0.4) is 0 Å². The van der Waals surface area contributed by atoms with Gasteiger partial charge in [0.25, 0.3) is 0 Å². The average molecular weight is 977 g/mol. The van der Waals surface area contributed by atoms with Crippen LogP contribution in [0.5, 0.6) is 0 Å². The minimum absolute atomic E-state index is 0.188. The van der Waals surface area contributed by atoms with E-state index in [4.69, 9.17) is 9.05 Å². The van der Waals surface area contributed by atoms with Gasteiger partial charge in [-0.05, 0) is 25.2 Å². The predicted molar refractivity (Wildman–Crippen MR) is 273 cm³/mol. The van der Waals surface area contributed by atoms with Gasteiger partial charge in [0.2, 0.25) is 0 Å². The summed E-state index contributed by atoms with van der Waals surface area (Å²) in [5, 5.41) is 74.6. The summed E-state index contributed by atoms with van der Waals surface area (Å²) in [4.78, 5) is 14.7. The van der Waals surface area contributed by atoms with Crippen LogP contribution in [-0.4, -0.2) is 96.8 Å². The fraction of sp³-hybridized carbons (Fsp3) is 0.981. The van der Waals surface area contributed by atoms with Crippen molar-refractivity contribution < 1.29 is 54.3 Å². The van der Waals surface area contributed by atoms with Crippen LogP contribution in [0.2, 0.25) is 0 Å². The summed E-state index contributed by atoms with van der Waals surface area (Å²) >= 11 is 0. The second-order valence-electron chi connectivity index (χ2n) is 20.4. The highest BCUT2D eigenvalue weighted by Gasteiger charge is 2.51. The summed E-state index contributed by atoms with van der Waals surface area (Å²) in [6, 6.07) is -1.15. The third kappa shape index (κ3) is 35.2. The summed E-state index contributed by atoms with van der Waals surface area (Å²) in [6.45, 7) is 3.88. The largest absolute Gasteiger partial charge is 0.862 e. The Morgan fingerprint density at radius 1 is 0.463 bits per heavy atom. The number of aliphatic imine (C=N–C) groups is 1.